The molecule has 0 aliphatic heterocycles. The molecule has 0 atom stereocenters. The number of fused-ring (bicyclic) bond motifs is 1. The maximum Gasteiger partial charge on any atom is 0.331 e. The van der Waals surface area contributed by atoms with Crippen LogP contribution in [0.1, 0.15) is 0 Å². The number of nitrogens with zero attached hydrogens (tertiary/aromatic N) is 5. The minimum absolute atomic E-state index is 0.0827. The van der Waals surface area contributed by atoms with Crippen molar-refractivity contribution in [2.75, 3.05) is 7.11 Å². The molecule has 0 radical (unpaired) electrons. The highest BCUT2D eigenvalue weighted by molar-refractivity contribution is 5.81. The van der Waals surface area contributed by atoms with Gasteiger partial charge in [0.05, 0.1) is 23.2 Å². The Morgan fingerprint density at radius 2 is 2.09 bits per heavy atom. The fourth-order valence-electron chi connectivity index (χ4n) is 1.96. The van der Waals surface area contributed by atoms with Crippen LogP contribution in [-0.4, -0.2) is 37.1 Å². The SMILES string of the molecule is COc1ncc(-c2ccc3ncnc(O)c3n2)cc1[N+](=O)[O-]. The molecule has 0 saturated carbocycles. The van der Waals surface area contributed by atoms with E-state index in [0.717, 1.165) is 0 Å². The molecule has 0 bridgehead atoms. The van der Waals surface area contributed by atoms with Gasteiger partial charge in [-0.15, -0.1) is 0 Å². The van der Waals surface area contributed by atoms with Crippen molar-refractivity contribution in [3.05, 3.63) is 40.8 Å². The van der Waals surface area contributed by atoms with Gasteiger partial charge in [-0.3, -0.25) is 10.1 Å². The van der Waals surface area contributed by atoms with Gasteiger partial charge >= 0.3 is 5.69 Å². The Bertz CT molecular complexity index is 883. The first kappa shape index (κ1) is 13.6. The minimum Gasteiger partial charge on any atom is -0.492 e. The molecule has 110 valence electrons. The van der Waals surface area contributed by atoms with Gasteiger partial charge in [0.1, 0.15) is 6.33 Å². The molecule has 0 amide bonds. The van der Waals surface area contributed by atoms with Crippen LogP contribution in [0.4, 0.5) is 5.69 Å². The summed E-state index contributed by atoms with van der Waals surface area (Å²) in [5.74, 6) is -0.344. The molecule has 3 rings (SSSR count). The summed E-state index contributed by atoms with van der Waals surface area (Å²) >= 11 is 0. The predicted molar refractivity (Wildman–Crippen MR) is 75.4 cm³/mol. The second-order valence-electron chi connectivity index (χ2n) is 4.27. The average Bonchev–Trinajstić information content (AvgIpc) is 2.54. The van der Waals surface area contributed by atoms with Crippen LogP contribution < -0.4 is 4.74 Å². The lowest BCUT2D eigenvalue weighted by Gasteiger charge is -2.05. The van der Waals surface area contributed by atoms with E-state index >= 15 is 0 Å². The van der Waals surface area contributed by atoms with Crippen molar-refractivity contribution >= 4 is 16.7 Å². The van der Waals surface area contributed by atoms with E-state index in [2.05, 4.69) is 19.9 Å². The molecule has 0 aromatic carbocycles. The smallest absolute Gasteiger partial charge is 0.331 e. The number of hydrogen-bond acceptors (Lipinski definition) is 8. The number of aromatic nitrogens is 4. The van der Waals surface area contributed by atoms with Gasteiger partial charge in [-0.05, 0) is 12.1 Å². The molecule has 0 aliphatic rings. The summed E-state index contributed by atoms with van der Waals surface area (Å²) in [6.45, 7) is 0. The summed E-state index contributed by atoms with van der Waals surface area (Å²) in [6, 6.07) is 4.57. The number of ether oxygens (including phenoxy) is 1. The monoisotopic (exact) mass is 299 g/mol. The first-order valence-electron chi connectivity index (χ1n) is 6.09. The second-order valence-corrected chi connectivity index (χ2v) is 4.27. The number of pyridine rings is 2. The lowest BCUT2D eigenvalue weighted by molar-refractivity contribution is -0.386. The highest BCUT2D eigenvalue weighted by Crippen LogP contribution is 2.30. The topological polar surface area (TPSA) is 124 Å². The number of methoxy groups -OCH3 is 1. The lowest BCUT2D eigenvalue weighted by atomic mass is 10.1. The summed E-state index contributed by atoms with van der Waals surface area (Å²) in [6.07, 6.45) is 2.62. The van der Waals surface area contributed by atoms with Gasteiger partial charge in [-0.1, -0.05) is 0 Å². The van der Waals surface area contributed by atoms with Gasteiger partial charge in [-0.2, -0.15) is 0 Å². The Morgan fingerprint density at radius 1 is 1.27 bits per heavy atom. The Hall–Kier alpha value is -3.36. The van der Waals surface area contributed by atoms with Crippen LogP contribution >= 0.6 is 0 Å². The maximum absolute atomic E-state index is 11.0. The largest absolute Gasteiger partial charge is 0.492 e. The highest BCUT2D eigenvalue weighted by atomic mass is 16.6. The molecule has 1 N–H and O–H groups in total. The molecule has 3 aromatic rings. The zero-order valence-corrected chi connectivity index (χ0v) is 11.3. The molecule has 0 spiro atoms. The predicted octanol–water partition coefficient (Wildman–Crippen LogP) is 1.71. The van der Waals surface area contributed by atoms with Crippen molar-refractivity contribution in [2.24, 2.45) is 0 Å². The van der Waals surface area contributed by atoms with E-state index in [9.17, 15) is 15.2 Å². The quantitative estimate of drug-likeness (QED) is 0.572. The second kappa shape index (κ2) is 5.20. The first-order valence-corrected chi connectivity index (χ1v) is 6.09. The average molecular weight is 299 g/mol. The van der Waals surface area contributed by atoms with Gasteiger partial charge in [0.2, 0.25) is 5.88 Å². The number of rotatable bonds is 3. The van der Waals surface area contributed by atoms with E-state index in [-0.39, 0.29) is 23.0 Å². The summed E-state index contributed by atoms with van der Waals surface area (Å²) in [4.78, 5) is 26.2. The molecule has 9 nitrogen and oxygen atoms in total. The van der Waals surface area contributed by atoms with Crippen molar-refractivity contribution in [2.45, 2.75) is 0 Å². The third-order valence-electron chi connectivity index (χ3n) is 2.98. The van der Waals surface area contributed by atoms with E-state index in [1.807, 2.05) is 0 Å². The summed E-state index contributed by atoms with van der Waals surface area (Å²) in [5, 5.41) is 20.7. The summed E-state index contributed by atoms with van der Waals surface area (Å²) < 4.78 is 4.85. The Kier molecular flexibility index (Phi) is 3.22. The molecule has 9 heteroatoms. The minimum atomic E-state index is -0.586. The molecule has 3 aromatic heterocycles. The molecule has 0 unspecified atom stereocenters. The third-order valence-corrected chi connectivity index (χ3v) is 2.98. The van der Waals surface area contributed by atoms with Crippen LogP contribution in [0.15, 0.2) is 30.7 Å². The van der Waals surface area contributed by atoms with Gasteiger partial charge in [0.25, 0.3) is 5.88 Å². The van der Waals surface area contributed by atoms with E-state index in [0.29, 0.717) is 16.8 Å². The van der Waals surface area contributed by atoms with Gasteiger partial charge in [0.15, 0.2) is 5.52 Å². The highest BCUT2D eigenvalue weighted by Gasteiger charge is 2.18. The number of nitro groups is 1. The van der Waals surface area contributed by atoms with Crippen LogP contribution in [0.5, 0.6) is 11.8 Å². The molecule has 22 heavy (non-hydrogen) atoms. The van der Waals surface area contributed by atoms with E-state index in [4.69, 9.17) is 4.74 Å². The van der Waals surface area contributed by atoms with Crippen molar-refractivity contribution in [1.82, 2.24) is 19.9 Å². The normalized spacial score (nSPS) is 10.6. The Labute approximate surface area is 123 Å². The van der Waals surface area contributed by atoms with Crippen molar-refractivity contribution in [3.8, 4) is 23.0 Å². The molecule has 0 aliphatic carbocycles. The van der Waals surface area contributed by atoms with Crippen LogP contribution in [0.3, 0.4) is 0 Å². The molecular weight excluding hydrogens is 290 g/mol. The summed E-state index contributed by atoms with van der Waals surface area (Å²) in [5.41, 5.74) is 1.22. The van der Waals surface area contributed by atoms with Gasteiger partial charge in [0, 0.05) is 17.8 Å². The van der Waals surface area contributed by atoms with E-state index in [1.165, 1.54) is 25.7 Å². The molecule has 0 saturated heterocycles. The van der Waals surface area contributed by atoms with Crippen molar-refractivity contribution < 1.29 is 14.8 Å². The van der Waals surface area contributed by atoms with Crippen molar-refractivity contribution in [1.29, 1.82) is 0 Å². The van der Waals surface area contributed by atoms with E-state index in [1.54, 1.807) is 12.1 Å². The Balaban J connectivity index is 2.17. The van der Waals surface area contributed by atoms with Crippen LogP contribution in [0.25, 0.3) is 22.3 Å². The maximum atomic E-state index is 11.0. The molecule has 0 fully saturated rings. The lowest BCUT2D eigenvalue weighted by Crippen LogP contribution is -1.97. The zero-order chi connectivity index (χ0) is 15.7. The molecular formula is C13H9N5O4. The standard InChI is InChI=1S/C13H9N5O4/c1-22-13-10(18(20)21)4-7(5-14-13)8-2-3-9-11(17-8)12(19)16-6-15-9/h2-6H,1H3,(H,15,16,19). The van der Waals surface area contributed by atoms with Crippen molar-refractivity contribution in [3.63, 3.8) is 0 Å². The van der Waals surface area contributed by atoms with Gasteiger partial charge < -0.3 is 9.84 Å². The Morgan fingerprint density at radius 3 is 2.82 bits per heavy atom. The van der Waals surface area contributed by atoms with Crippen LogP contribution in [-0.2, 0) is 0 Å². The number of aromatic hydroxyl groups is 1. The van der Waals surface area contributed by atoms with Gasteiger partial charge in [-0.25, -0.2) is 19.9 Å². The fourth-order valence-corrected chi connectivity index (χ4v) is 1.96. The zero-order valence-electron chi connectivity index (χ0n) is 11.3. The first-order chi connectivity index (χ1) is 10.6. The fraction of sp³-hybridized carbons (Fsp3) is 0.0769. The number of hydrogen-bond donors (Lipinski definition) is 1. The van der Waals surface area contributed by atoms with Crippen LogP contribution in [0, 0.1) is 10.1 Å². The third kappa shape index (κ3) is 2.24. The van der Waals surface area contributed by atoms with Crippen LogP contribution in [0.2, 0.25) is 0 Å². The molecule has 3 heterocycles. The summed E-state index contributed by atoms with van der Waals surface area (Å²) in [7, 11) is 1.30. The van der Waals surface area contributed by atoms with E-state index < -0.39 is 4.92 Å².